The largest absolute Gasteiger partial charge is 0.497 e. The van der Waals surface area contributed by atoms with Gasteiger partial charge in [-0.1, -0.05) is 0 Å². The second-order valence-electron chi connectivity index (χ2n) is 5.24. The van der Waals surface area contributed by atoms with Gasteiger partial charge in [0.25, 0.3) is 0 Å². The molecule has 0 amide bonds. The molecule has 2 aromatic rings. The van der Waals surface area contributed by atoms with Crippen molar-refractivity contribution < 1.29 is 4.74 Å². The van der Waals surface area contributed by atoms with Crippen LogP contribution in [0.5, 0.6) is 5.75 Å². The van der Waals surface area contributed by atoms with E-state index in [1.165, 1.54) is 22.5 Å². The highest BCUT2D eigenvalue weighted by Gasteiger charge is 2.13. The Morgan fingerprint density at radius 1 is 1.43 bits per heavy atom. The molecule has 21 heavy (non-hydrogen) atoms. The van der Waals surface area contributed by atoms with E-state index in [1.54, 1.807) is 7.11 Å². The van der Waals surface area contributed by atoms with Crippen LogP contribution in [0, 0.1) is 0 Å². The molecule has 1 aromatic carbocycles. The number of aliphatic imine (C=N–C) groups is 1. The number of likely N-dealkylation sites (tertiary alicyclic amines) is 1. The lowest BCUT2D eigenvalue weighted by Gasteiger charge is -2.10. The van der Waals surface area contributed by atoms with Crippen LogP contribution in [0.15, 0.2) is 34.3 Å². The molecular weight excluding hydrogens is 282 g/mol. The molecule has 0 unspecified atom stereocenters. The summed E-state index contributed by atoms with van der Waals surface area (Å²) in [6.45, 7) is 2.02. The summed E-state index contributed by atoms with van der Waals surface area (Å²) < 4.78 is 5.30. The summed E-state index contributed by atoms with van der Waals surface area (Å²) in [6.07, 6.45) is 4.44. The summed E-state index contributed by atoms with van der Waals surface area (Å²) in [5.41, 5.74) is 1.15. The summed E-state index contributed by atoms with van der Waals surface area (Å²) >= 11 is 1.85. The molecular formula is C16H21N3OS. The van der Waals surface area contributed by atoms with Crippen molar-refractivity contribution in [3.63, 3.8) is 0 Å². The van der Waals surface area contributed by atoms with Gasteiger partial charge in [-0.05, 0) is 24.6 Å². The van der Waals surface area contributed by atoms with Gasteiger partial charge in [0.1, 0.15) is 5.75 Å². The van der Waals surface area contributed by atoms with Crippen molar-refractivity contribution in [3.8, 4) is 5.75 Å². The average Bonchev–Trinajstić information content (AvgIpc) is 3.09. The third-order valence-corrected chi connectivity index (χ3v) is 4.86. The summed E-state index contributed by atoms with van der Waals surface area (Å²) in [5, 5.41) is 1.23. The normalized spacial score (nSPS) is 17.0. The fraction of sp³-hybridized carbons (Fsp3) is 0.438. The molecule has 1 saturated heterocycles. The maximum Gasteiger partial charge on any atom is 0.119 e. The number of aromatic nitrogens is 1. The summed E-state index contributed by atoms with van der Waals surface area (Å²) in [4.78, 5) is 11.5. The van der Waals surface area contributed by atoms with E-state index in [4.69, 9.17) is 9.73 Å². The third-order valence-electron chi connectivity index (χ3n) is 3.83. The second kappa shape index (κ2) is 6.43. The SMILES string of the molecule is COc1ccc2[nH]cc(SCC/N=C3\CCCN3C)c2c1. The van der Waals surface area contributed by atoms with Gasteiger partial charge in [-0.2, -0.15) is 0 Å². The van der Waals surface area contributed by atoms with E-state index in [0.717, 1.165) is 36.5 Å². The predicted octanol–water partition coefficient (Wildman–Crippen LogP) is 3.39. The summed E-state index contributed by atoms with van der Waals surface area (Å²) in [7, 11) is 3.83. The van der Waals surface area contributed by atoms with Gasteiger partial charge < -0.3 is 14.6 Å². The van der Waals surface area contributed by atoms with Gasteiger partial charge in [0.05, 0.1) is 19.5 Å². The molecule has 4 nitrogen and oxygen atoms in total. The maximum atomic E-state index is 5.30. The highest BCUT2D eigenvalue weighted by Crippen LogP contribution is 2.30. The van der Waals surface area contributed by atoms with Crippen LogP contribution in [0.1, 0.15) is 12.8 Å². The van der Waals surface area contributed by atoms with Crippen molar-refractivity contribution in [2.45, 2.75) is 17.7 Å². The molecule has 0 atom stereocenters. The van der Waals surface area contributed by atoms with Crippen molar-refractivity contribution in [2.75, 3.05) is 33.0 Å². The minimum atomic E-state index is 0.876. The number of nitrogens with one attached hydrogen (secondary N) is 1. The topological polar surface area (TPSA) is 40.6 Å². The molecule has 2 heterocycles. The van der Waals surface area contributed by atoms with E-state index < -0.39 is 0 Å². The number of thioether (sulfide) groups is 1. The van der Waals surface area contributed by atoms with E-state index in [9.17, 15) is 0 Å². The van der Waals surface area contributed by atoms with Gasteiger partial charge in [0.15, 0.2) is 0 Å². The highest BCUT2D eigenvalue weighted by atomic mass is 32.2. The Bertz CT molecular complexity index is 650. The van der Waals surface area contributed by atoms with Gasteiger partial charge in [0, 0.05) is 47.8 Å². The summed E-state index contributed by atoms with van der Waals surface area (Å²) in [6, 6.07) is 6.13. The van der Waals surface area contributed by atoms with E-state index in [-0.39, 0.29) is 0 Å². The number of hydrogen-bond acceptors (Lipinski definition) is 3. The van der Waals surface area contributed by atoms with Crippen LogP contribution < -0.4 is 4.74 Å². The Balaban J connectivity index is 1.62. The minimum Gasteiger partial charge on any atom is -0.497 e. The summed E-state index contributed by atoms with van der Waals surface area (Å²) in [5.74, 6) is 3.16. The number of ether oxygens (including phenoxy) is 1. The Labute approximate surface area is 129 Å². The molecule has 1 N–H and O–H groups in total. The van der Waals surface area contributed by atoms with Crippen LogP contribution in [0.2, 0.25) is 0 Å². The predicted molar refractivity (Wildman–Crippen MR) is 89.7 cm³/mol. The van der Waals surface area contributed by atoms with Crippen LogP contribution in [0.3, 0.4) is 0 Å². The van der Waals surface area contributed by atoms with E-state index in [0.29, 0.717) is 0 Å². The fourth-order valence-electron chi connectivity index (χ4n) is 2.64. The molecule has 1 aliphatic heterocycles. The van der Waals surface area contributed by atoms with E-state index in [1.807, 2.05) is 17.8 Å². The molecule has 0 radical (unpaired) electrons. The molecule has 1 fully saturated rings. The Hall–Kier alpha value is -1.62. The van der Waals surface area contributed by atoms with Crippen LogP contribution in [0.4, 0.5) is 0 Å². The van der Waals surface area contributed by atoms with Crippen molar-refractivity contribution in [1.29, 1.82) is 0 Å². The molecule has 0 saturated carbocycles. The highest BCUT2D eigenvalue weighted by molar-refractivity contribution is 7.99. The Morgan fingerprint density at radius 2 is 2.33 bits per heavy atom. The zero-order valence-electron chi connectivity index (χ0n) is 12.6. The smallest absolute Gasteiger partial charge is 0.119 e. The number of methoxy groups -OCH3 is 1. The van der Waals surface area contributed by atoms with Gasteiger partial charge in [-0.3, -0.25) is 4.99 Å². The first-order chi connectivity index (χ1) is 10.3. The van der Waals surface area contributed by atoms with Gasteiger partial charge >= 0.3 is 0 Å². The monoisotopic (exact) mass is 303 g/mol. The first-order valence-corrected chi connectivity index (χ1v) is 8.29. The standard InChI is InChI=1S/C16H21N3OS/c1-19-8-3-4-16(19)17-7-9-21-15-11-18-14-6-5-12(20-2)10-13(14)15/h5-6,10-11,18H,3-4,7-9H2,1-2H3/b17-16+. The van der Waals surface area contributed by atoms with E-state index in [2.05, 4.69) is 35.3 Å². The number of rotatable bonds is 5. The molecule has 3 rings (SSSR count). The van der Waals surface area contributed by atoms with Crippen LogP contribution in [0.25, 0.3) is 10.9 Å². The number of benzene rings is 1. The Kier molecular flexibility index (Phi) is 4.39. The quantitative estimate of drug-likeness (QED) is 0.680. The zero-order chi connectivity index (χ0) is 14.7. The lowest BCUT2D eigenvalue weighted by molar-refractivity contribution is 0.415. The molecule has 0 aliphatic carbocycles. The lowest BCUT2D eigenvalue weighted by Crippen LogP contribution is -2.19. The zero-order valence-corrected chi connectivity index (χ0v) is 13.4. The van der Waals surface area contributed by atoms with Crippen LogP contribution >= 0.6 is 11.8 Å². The number of nitrogens with zero attached hydrogens (tertiary/aromatic N) is 2. The molecule has 1 aromatic heterocycles. The van der Waals surface area contributed by atoms with Crippen molar-refractivity contribution in [2.24, 2.45) is 4.99 Å². The van der Waals surface area contributed by atoms with Crippen molar-refractivity contribution in [1.82, 2.24) is 9.88 Å². The van der Waals surface area contributed by atoms with Crippen LogP contribution in [-0.4, -0.2) is 48.7 Å². The maximum absolute atomic E-state index is 5.30. The van der Waals surface area contributed by atoms with Gasteiger partial charge in [-0.15, -0.1) is 11.8 Å². The second-order valence-corrected chi connectivity index (χ2v) is 6.37. The van der Waals surface area contributed by atoms with Gasteiger partial charge in [-0.25, -0.2) is 0 Å². The number of H-pyrrole nitrogens is 1. The fourth-order valence-corrected chi connectivity index (χ4v) is 3.51. The minimum absolute atomic E-state index is 0.876. The number of fused-ring (bicyclic) bond motifs is 1. The van der Waals surface area contributed by atoms with Crippen LogP contribution in [-0.2, 0) is 0 Å². The first kappa shape index (κ1) is 14.3. The lowest BCUT2D eigenvalue weighted by atomic mass is 10.2. The first-order valence-electron chi connectivity index (χ1n) is 7.30. The molecule has 1 aliphatic rings. The van der Waals surface area contributed by atoms with E-state index >= 15 is 0 Å². The number of hydrogen-bond donors (Lipinski definition) is 1. The average molecular weight is 303 g/mol. The molecule has 0 bridgehead atoms. The van der Waals surface area contributed by atoms with Crippen molar-refractivity contribution in [3.05, 3.63) is 24.4 Å². The third kappa shape index (κ3) is 3.18. The van der Waals surface area contributed by atoms with Crippen molar-refractivity contribution >= 4 is 28.5 Å². The Morgan fingerprint density at radius 3 is 3.10 bits per heavy atom. The van der Waals surface area contributed by atoms with Gasteiger partial charge in [0.2, 0.25) is 0 Å². The molecule has 0 spiro atoms. The number of amidine groups is 1. The molecule has 112 valence electrons. The number of aromatic amines is 1. The molecule has 5 heteroatoms.